The molecule has 0 amide bonds. The average molecular weight is 340 g/mol. The number of piperazine rings is 1. The zero-order valence-electron chi connectivity index (χ0n) is 15.6. The molecule has 0 saturated carbocycles. The molecule has 0 bridgehead atoms. The molecule has 2 N–H and O–H groups in total. The predicted octanol–water partition coefficient (Wildman–Crippen LogP) is 3.18. The molecule has 6 nitrogen and oxygen atoms in total. The Labute approximate surface area is 150 Å². The van der Waals surface area contributed by atoms with Crippen LogP contribution in [0.25, 0.3) is 0 Å². The Hall–Kier alpha value is -2.34. The van der Waals surface area contributed by atoms with E-state index in [0.717, 1.165) is 37.7 Å². The number of benzene rings is 1. The van der Waals surface area contributed by atoms with Crippen LogP contribution >= 0.6 is 0 Å². The molecule has 3 rings (SSSR count). The molecule has 1 aromatic carbocycles. The van der Waals surface area contributed by atoms with E-state index in [-0.39, 0.29) is 5.54 Å². The summed E-state index contributed by atoms with van der Waals surface area (Å²) in [6, 6.07) is 10.4. The highest BCUT2D eigenvalue weighted by Crippen LogP contribution is 2.21. The minimum atomic E-state index is -0.0320. The Morgan fingerprint density at radius 2 is 1.64 bits per heavy atom. The van der Waals surface area contributed by atoms with Gasteiger partial charge in [0.1, 0.15) is 5.82 Å². The van der Waals surface area contributed by atoms with E-state index in [1.54, 1.807) is 6.20 Å². The Bertz CT molecular complexity index is 684. The second-order valence-electron chi connectivity index (χ2n) is 7.60. The molecule has 6 heteroatoms. The summed E-state index contributed by atoms with van der Waals surface area (Å²) in [6.45, 7) is 10.7. The normalized spacial score (nSPS) is 15.9. The summed E-state index contributed by atoms with van der Waals surface area (Å²) < 4.78 is 0. The zero-order chi connectivity index (χ0) is 17.9. The van der Waals surface area contributed by atoms with E-state index in [0.29, 0.717) is 5.95 Å². The largest absolute Gasteiger partial charge is 0.369 e. The summed E-state index contributed by atoms with van der Waals surface area (Å²) >= 11 is 0. The Kier molecular flexibility index (Phi) is 5.08. The first-order valence-electron chi connectivity index (χ1n) is 8.81. The highest BCUT2D eigenvalue weighted by molar-refractivity contribution is 5.60. The SMILES string of the molecule is CN1CCN(c2ccc(Nc3nccc(NC(C)(C)C)n3)cc2)CC1. The van der Waals surface area contributed by atoms with Crippen LogP contribution in [0, 0.1) is 0 Å². The van der Waals surface area contributed by atoms with Crippen molar-refractivity contribution in [3.8, 4) is 0 Å². The maximum Gasteiger partial charge on any atom is 0.229 e. The third-order valence-electron chi connectivity index (χ3n) is 4.15. The van der Waals surface area contributed by atoms with E-state index < -0.39 is 0 Å². The van der Waals surface area contributed by atoms with Crippen molar-refractivity contribution in [2.24, 2.45) is 0 Å². The van der Waals surface area contributed by atoms with Crippen LogP contribution in [0.1, 0.15) is 20.8 Å². The lowest BCUT2D eigenvalue weighted by Crippen LogP contribution is -2.44. The minimum Gasteiger partial charge on any atom is -0.369 e. The summed E-state index contributed by atoms with van der Waals surface area (Å²) in [6.07, 6.45) is 1.77. The second-order valence-corrected chi connectivity index (χ2v) is 7.60. The van der Waals surface area contributed by atoms with Crippen LogP contribution in [0.5, 0.6) is 0 Å². The highest BCUT2D eigenvalue weighted by atomic mass is 15.2. The lowest BCUT2D eigenvalue weighted by atomic mass is 10.1. The fourth-order valence-corrected chi connectivity index (χ4v) is 2.82. The number of nitrogens with zero attached hydrogens (tertiary/aromatic N) is 4. The van der Waals surface area contributed by atoms with Crippen molar-refractivity contribution in [3.05, 3.63) is 36.5 Å². The van der Waals surface area contributed by atoms with Crippen molar-refractivity contribution in [1.29, 1.82) is 0 Å². The minimum absolute atomic E-state index is 0.0320. The molecule has 0 spiro atoms. The van der Waals surface area contributed by atoms with E-state index in [9.17, 15) is 0 Å². The van der Waals surface area contributed by atoms with Crippen LogP contribution in [0.4, 0.5) is 23.1 Å². The van der Waals surface area contributed by atoms with E-state index in [1.165, 1.54) is 5.69 Å². The van der Waals surface area contributed by atoms with Gasteiger partial charge in [-0.05, 0) is 58.2 Å². The van der Waals surface area contributed by atoms with Crippen molar-refractivity contribution in [3.63, 3.8) is 0 Å². The third kappa shape index (κ3) is 5.06. The first kappa shape index (κ1) is 17.5. The number of anilines is 4. The van der Waals surface area contributed by atoms with Gasteiger partial charge in [-0.3, -0.25) is 0 Å². The van der Waals surface area contributed by atoms with E-state index in [1.807, 2.05) is 6.07 Å². The fourth-order valence-electron chi connectivity index (χ4n) is 2.82. The molecule has 0 radical (unpaired) electrons. The van der Waals surface area contributed by atoms with Crippen molar-refractivity contribution >= 4 is 23.1 Å². The molecular weight excluding hydrogens is 312 g/mol. The molecule has 0 aliphatic carbocycles. The fraction of sp³-hybridized carbons (Fsp3) is 0.474. The van der Waals surface area contributed by atoms with Crippen LogP contribution in [-0.4, -0.2) is 53.6 Å². The van der Waals surface area contributed by atoms with Gasteiger partial charge < -0.3 is 20.4 Å². The first-order valence-corrected chi connectivity index (χ1v) is 8.81. The molecule has 25 heavy (non-hydrogen) atoms. The molecule has 2 aromatic rings. The van der Waals surface area contributed by atoms with Crippen LogP contribution in [0.3, 0.4) is 0 Å². The number of aromatic nitrogens is 2. The molecule has 1 aromatic heterocycles. The lowest BCUT2D eigenvalue weighted by Gasteiger charge is -2.34. The summed E-state index contributed by atoms with van der Waals surface area (Å²) in [7, 11) is 2.17. The zero-order valence-corrected chi connectivity index (χ0v) is 15.6. The summed E-state index contributed by atoms with van der Waals surface area (Å²) in [4.78, 5) is 13.6. The van der Waals surface area contributed by atoms with Gasteiger partial charge in [0.2, 0.25) is 5.95 Å². The number of nitrogens with one attached hydrogen (secondary N) is 2. The smallest absolute Gasteiger partial charge is 0.229 e. The van der Waals surface area contributed by atoms with Gasteiger partial charge in [-0.25, -0.2) is 4.98 Å². The van der Waals surface area contributed by atoms with Gasteiger partial charge >= 0.3 is 0 Å². The molecule has 1 fully saturated rings. The molecule has 1 aliphatic heterocycles. The van der Waals surface area contributed by atoms with Crippen molar-refractivity contribution in [2.75, 3.05) is 48.8 Å². The molecule has 134 valence electrons. The Morgan fingerprint density at radius 3 is 2.28 bits per heavy atom. The van der Waals surface area contributed by atoms with E-state index in [4.69, 9.17) is 0 Å². The lowest BCUT2D eigenvalue weighted by molar-refractivity contribution is 0.313. The van der Waals surface area contributed by atoms with Gasteiger partial charge in [-0.2, -0.15) is 4.98 Å². The maximum absolute atomic E-state index is 4.52. The molecule has 0 unspecified atom stereocenters. The van der Waals surface area contributed by atoms with Gasteiger partial charge in [0.15, 0.2) is 0 Å². The van der Waals surface area contributed by atoms with Crippen LogP contribution in [-0.2, 0) is 0 Å². The standard InChI is InChI=1S/C19H28N6/c1-19(2,3)23-17-9-10-20-18(22-17)21-15-5-7-16(8-6-15)25-13-11-24(4)12-14-25/h5-10H,11-14H2,1-4H3,(H2,20,21,22,23). The third-order valence-corrected chi connectivity index (χ3v) is 4.15. The van der Waals surface area contributed by atoms with E-state index >= 15 is 0 Å². The average Bonchev–Trinajstić information content (AvgIpc) is 2.55. The topological polar surface area (TPSA) is 56.3 Å². The quantitative estimate of drug-likeness (QED) is 0.891. The van der Waals surface area contributed by atoms with Crippen LogP contribution in [0.15, 0.2) is 36.5 Å². The number of likely N-dealkylation sites (N-methyl/N-ethyl adjacent to an activating group) is 1. The number of hydrogen-bond donors (Lipinski definition) is 2. The number of hydrogen-bond acceptors (Lipinski definition) is 6. The molecule has 2 heterocycles. The molecule has 0 atom stereocenters. The van der Waals surface area contributed by atoms with Crippen LogP contribution < -0.4 is 15.5 Å². The second kappa shape index (κ2) is 7.27. The molecule has 1 aliphatic rings. The Balaban J connectivity index is 1.64. The molecular formula is C19H28N6. The maximum atomic E-state index is 4.52. The monoisotopic (exact) mass is 340 g/mol. The van der Waals surface area contributed by atoms with E-state index in [2.05, 4.69) is 82.5 Å². The van der Waals surface area contributed by atoms with Crippen molar-refractivity contribution in [2.45, 2.75) is 26.3 Å². The Morgan fingerprint density at radius 1 is 0.960 bits per heavy atom. The van der Waals surface area contributed by atoms with Gasteiger partial charge in [0.25, 0.3) is 0 Å². The summed E-state index contributed by atoms with van der Waals surface area (Å²) in [5.74, 6) is 1.42. The highest BCUT2D eigenvalue weighted by Gasteiger charge is 2.14. The summed E-state index contributed by atoms with van der Waals surface area (Å²) in [5, 5.41) is 6.64. The van der Waals surface area contributed by atoms with Gasteiger partial charge in [0, 0.05) is 49.3 Å². The first-order chi connectivity index (χ1) is 11.9. The van der Waals surface area contributed by atoms with Crippen molar-refractivity contribution < 1.29 is 0 Å². The van der Waals surface area contributed by atoms with Crippen molar-refractivity contribution in [1.82, 2.24) is 14.9 Å². The number of rotatable bonds is 4. The van der Waals surface area contributed by atoms with Crippen LogP contribution in [0.2, 0.25) is 0 Å². The van der Waals surface area contributed by atoms with Gasteiger partial charge in [-0.15, -0.1) is 0 Å². The predicted molar refractivity (Wildman–Crippen MR) is 105 cm³/mol. The summed E-state index contributed by atoms with van der Waals surface area (Å²) in [5.41, 5.74) is 2.23. The molecule has 1 saturated heterocycles. The van der Waals surface area contributed by atoms with Gasteiger partial charge in [-0.1, -0.05) is 0 Å². The van der Waals surface area contributed by atoms with Gasteiger partial charge in [0.05, 0.1) is 0 Å².